The second-order valence-corrected chi connectivity index (χ2v) is 6.06. The highest BCUT2D eigenvalue weighted by Crippen LogP contribution is 2.21. The molecule has 1 atom stereocenters. The average molecular weight is 330 g/mol. The van der Waals surface area contributed by atoms with Crippen molar-refractivity contribution in [3.05, 3.63) is 40.8 Å². The standard InChI is InChI=1S/C17H22N4O3/c1-11-6-7-18-17(19-11)15-10-21(8-9-23-15)16(22)5-4-14-12(2)20-24-13(14)3/h6-7,15H,4-5,8-10H2,1-3H3/t15-/m1/s1. The Morgan fingerprint density at radius 2 is 2.21 bits per heavy atom. The third kappa shape index (κ3) is 3.62. The highest BCUT2D eigenvalue weighted by atomic mass is 16.5. The van der Waals surface area contributed by atoms with Gasteiger partial charge in [0.25, 0.3) is 0 Å². The van der Waals surface area contributed by atoms with E-state index < -0.39 is 0 Å². The van der Waals surface area contributed by atoms with E-state index in [1.54, 1.807) is 6.20 Å². The summed E-state index contributed by atoms with van der Waals surface area (Å²) in [6.07, 6.45) is 2.54. The van der Waals surface area contributed by atoms with Crippen LogP contribution in [0.5, 0.6) is 0 Å². The van der Waals surface area contributed by atoms with Crippen molar-refractivity contribution in [3.8, 4) is 0 Å². The van der Waals surface area contributed by atoms with Gasteiger partial charge in [-0.2, -0.15) is 0 Å². The van der Waals surface area contributed by atoms with Gasteiger partial charge < -0.3 is 14.2 Å². The minimum atomic E-state index is -0.262. The fourth-order valence-corrected chi connectivity index (χ4v) is 2.90. The van der Waals surface area contributed by atoms with Crippen molar-refractivity contribution in [1.82, 2.24) is 20.0 Å². The molecule has 1 amide bonds. The van der Waals surface area contributed by atoms with E-state index in [-0.39, 0.29) is 12.0 Å². The highest BCUT2D eigenvalue weighted by molar-refractivity contribution is 5.76. The van der Waals surface area contributed by atoms with E-state index >= 15 is 0 Å². The lowest BCUT2D eigenvalue weighted by Crippen LogP contribution is -2.42. The Bertz CT molecular complexity index is 709. The molecule has 1 fully saturated rings. The van der Waals surface area contributed by atoms with E-state index in [1.807, 2.05) is 31.7 Å². The van der Waals surface area contributed by atoms with Crippen molar-refractivity contribution in [3.63, 3.8) is 0 Å². The molecule has 3 rings (SSSR count). The number of morpholine rings is 1. The molecular formula is C17H22N4O3. The molecule has 0 unspecified atom stereocenters. The number of ether oxygens (including phenoxy) is 1. The maximum atomic E-state index is 12.5. The fourth-order valence-electron chi connectivity index (χ4n) is 2.90. The van der Waals surface area contributed by atoms with Crippen LogP contribution in [0.4, 0.5) is 0 Å². The second-order valence-electron chi connectivity index (χ2n) is 6.06. The van der Waals surface area contributed by atoms with Crippen molar-refractivity contribution >= 4 is 5.91 Å². The molecule has 128 valence electrons. The minimum Gasteiger partial charge on any atom is -0.367 e. The van der Waals surface area contributed by atoms with Gasteiger partial charge in [0.2, 0.25) is 5.91 Å². The summed E-state index contributed by atoms with van der Waals surface area (Å²) in [6, 6.07) is 1.85. The Balaban J connectivity index is 1.61. The predicted octanol–water partition coefficient (Wildman–Crippen LogP) is 1.92. The quantitative estimate of drug-likeness (QED) is 0.852. The Morgan fingerprint density at radius 3 is 2.92 bits per heavy atom. The van der Waals surface area contributed by atoms with Crippen LogP contribution in [0.3, 0.4) is 0 Å². The molecule has 0 saturated carbocycles. The van der Waals surface area contributed by atoms with Crippen LogP contribution in [0.1, 0.15) is 41.1 Å². The number of rotatable bonds is 4. The monoisotopic (exact) mass is 330 g/mol. The number of aryl methyl sites for hydroxylation is 3. The molecule has 7 heteroatoms. The van der Waals surface area contributed by atoms with Crippen molar-refractivity contribution < 1.29 is 14.1 Å². The molecule has 24 heavy (non-hydrogen) atoms. The lowest BCUT2D eigenvalue weighted by molar-refractivity contribution is -0.139. The molecule has 2 aromatic rings. The maximum absolute atomic E-state index is 12.5. The Kier molecular flexibility index (Phi) is 4.89. The molecule has 1 aliphatic heterocycles. The van der Waals surface area contributed by atoms with Crippen molar-refractivity contribution in [2.75, 3.05) is 19.7 Å². The van der Waals surface area contributed by atoms with Crippen LogP contribution in [0.15, 0.2) is 16.8 Å². The van der Waals surface area contributed by atoms with Gasteiger partial charge in [0.05, 0.1) is 18.8 Å². The van der Waals surface area contributed by atoms with Crippen LogP contribution in [-0.2, 0) is 16.0 Å². The molecule has 0 radical (unpaired) electrons. The Morgan fingerprint density at radius 1 is 1.38 bits per heavy atom. The summed E-state index contributed by atoms with van der Waals surface area (Å²) in [5, 5.41) is 3.93. The van der Waals surface area contributed by atoms with E-state index in [2.05, 4.69) is 15.1 Å². The normalized spacial score (nSPS) is 18.0. The first-order valence-electron chi connectivity index (χ1n) is 8.15. The summed E-state index contributed by atoms with van der Waals surface area (Å²) in [4.78, 5) is 23.0. The highest BCUT2D eigenvalue weighted by Gasteiger charge is 2.27. The third-order valence-electron chi connectivity index (χ3n) is 4.29. The SMILES string of the molecule is Cc1ccnc([C@H]2CN(C(=O)CCc3c(C)noc3C)CCO2)n1. The van der Waals surface area contributed by atoms with Gasteiger partial charge in [0, 0.05) is 30.4 Å². The largest absolute Gasteiger partial charge is 0.367 e. The molecule has 0 N–H and O–H groups in total. The molecule has 3 heterocycles. The van der Waals surface area contributed by atoms with Gasteiger partial charge in [-0.1, -0.05) is 5.16 Å². The van der Waals surface area contributed by atoms with Crippen molar-refractivity contribution in [2.24, 2.45) is 0 Å². The molecule has 0 bridgehead atoms. The summed E-state index contributed by atoms with van der Waals surface area (Å²) in [5.74, 6) is 1.53. The number of hydrogen-bond acceptors (Lipinski definition) is 6. The Labute approximate surface area is 141 Å². The summed E-state index contributed by atoms with van der Waals surface area (Å²) >= 11 is 0. The van der Waals surface area contributed by atoms with Crippen LogP contribution >= 0.6 is 0 Å². The van der Waals surface area contributed by atoms with Crippen molar-refractivity contribution in [1.29, 1.82) is 0 Å². The van der Waals surface area contributed by atoms with E-state index in [1.165, 1.54) is 0 Å². The third-order valence-corrected chi connectivity index (χ3v) is 4.29. The zero-order valence-corrected chi connectivity index (χ0v) is 14.3. The van der Waals surface area contributed by atoms with Gasteiger partial charge in [-0.3, -0.25) is 4.79 Å². The van der Waals surface area contributed by atoms with E-state index in [0.29, 0.717) is 38.4 Å². The molecule has 0 aliphatic carbocycles. The summed E-state index contributed by atoms with van der Waals surface area (Å²) in [7, 11) is 0. The van der Waals surface area contributed by atoms with Gasteiger partial charge in [-0.15, -0.1) is 0 Å². The summed E-state index contributed by atoms with van der Waals surface area (Å²) in [6.45, 7) is 7.28. The van der Waals surface area contributed by atoms with Crippen molar-refractivity contribution in [2.45, 2.75) is 39.7 Å². The minimum absolute atomic E-state index is 0.107. The first-order valence-corrected chi connectivity index (χ1v) is 8.15. The molecular weight excluding hydrogens is 308 g/mol. The van der Waals surface area contributed by atoms with Crippen LogP contribution in [0, 0.1) is 20.8 Å². The first-order chi connectivity index (χ1) is 11.5. The fraction of sp³-hybridized carbons (Fsp3) is 0.529. The number of nitrogens with zero attached hydrogens (tertiary/aromatic N) is 4. The molecule has 1 saturated heterocycles. The van der Waals surface area contributed by atoms with Gasteiger partial charge in [-0.05, 0) is 33.3 Å². The number of aromatic nitrogens is 3. The first kappa shape index (κ1) is 16.6. The summed E-state index contributed by atoms with van der Waals surface area (Å²) < 4.78 is 10.9. The molecule has 7 nitrogen and oxygen atoms in total. The molecule has 0 aromatic carbocycles. The van der Waals surface area contributed by atoms with Gasteiger partial charge >= 0.3 is 0 Å². The topological polar surface area (TPSA) is 81.4 Å². The van der Waals surface area contributed by atoms with E-state index in [0.717, 1.165) is 22.7 Å². The zero-order chi connectivity index (χ0) is 17.1. The molecule has 0 spiro atoms. The lowest BCUT2D eigenvalue weighted by Gasteiger charge is -2.32. The van der Waals surface area contributed by atoms with E-state index in [4.69, 9.17) is 9.26 Å². The summed E-state index contributed by atoms with van der Waals surface area (Å²) in [5.41, 5.74) is 2.77. The lowest BCUT2D eigenvalue weighted by atomic mass is 10.1. The van der Waals surface area contributed by atoms with Crippen LogP contribution in [0.2, 0.25) is 0 Å². The Hall–Kier alpha value is -2.28. The van der Waals surface area contributed by atoms with Crippen LogP contribution < -0.4 is 0 Å². The number of hydrogen-bond donors (Lipinski definition) is 0. The smallest absolute Gasteiger partial charge is 0.223 e. The van der Waals surface area contributed by atoms with Crippen LogP contribution in [-0.4, -0.2) is 45.6 Å². The number of carbonyl (C=O) groups excluding carboxylic acids is 1. The molecule has 1 aliphatic rings. The van der Waals surface area contributed by atoms with Gasteiger partial charge in [-0.25, -0.2) is 9.97 Å². The van der Waals surface area contributed by atoms with Gasteiger partial charge in [0.1, 0.15) is 11.9 Å². The molecule has 2 aromatic heterocycles. The van der Waals surface area contributed by atoms with Crippen LogP contribution in [0.25, 0.3) is 0 Å². The van der Waals surface area contributed by atoms with E-state index in [9.17, 15) is 4.79 Å². The second kappa shape index (κ2) is 7.09. The predicted molar refractivity (Wildman–Crippen MR) is 86.3 cm³/mol. The average Bonchev–Trinajstić information content (AvgIpc) is 2.91. The number of amides is 1. The number of carbonyl (C=O) groups is 1. The zero-order valence-electron chi connectivity index (χ0n) is 14.3. The maximum Gasteiger partial charge on any atom is 0.223 e. The van der Waals surface area contributed by atoms with Gasteiger partial charge in [0.15, 0.2) is 5.82 Å².